The zero-order valence-electron chi connectivity index (χ0n) is 15.5. The van der Waals surface area contributed by atoms with Gasteiger partial charge in [-0.2, -0.15) is 4.68 Å². The number of halogens is 2. The molecule has 0 radical (unpaired) electrons. The second-order valence-electron chi connectivity index (χ2n) is 8.07. The van der Waals surface area contributed by atoms with Crippen molar-refractivity contribution in [2.24, 2.45) is 11.3 Å². The maximum Gasteiger partial charge on any atom is 0.232 e. The normalized spacial score (nSPS) is 26.4. The summed E-state index contributed by atoms with van der Waals surface area (Å²) in [5.74, 6) is 0.992. The standard InChI is InChI=1S/C19H23FN6O.ClH/c20-15-7-6-14(9-16(15)26-17(12-4-5-12)23-24-25-26)22-18(27)19-8-2-1-3-13(19)10-21-11-19;/h6-7,9,12-13,21H,1-5,8,10-11H2,(H,22,27);1H/t13-,19+;/m0./s1. The van der Waals surface area contributed by atoms with Gasteiger partial charge in [-0.05, 0) is 66.8 Å². The Morgan fingerprint density at radius 2 is 2.14 bits per heavy atom. The van der Waals surface area contributed by atoms with Crippen LogP contribution in [0.5, 0.6) is 0 Å². The van der Waals surface area contributed by atoms with Crippen LogP contribution in [0.2, 0.25) is 0 Å². The Hall–Kier alpha value is -2.06. The smallest absolute Gasteiger partial charge is 0.232 e. The van der Waals surface area contributed by atoms with Crippen LogP contribution < -0.4 is 10.6 Å². The molecule has 0 unspecified atom stereocenters. The number of rotatable bonds is 4. The van der Waals surface area contributed by atoms with Crippen molar-refractivity contribution in [3.05, 3.63) is 29.8 Å². The highest BCUT2D eigenvalue weighted by Crippen LogP contribution is 2.44. The predicted octanol–water partition coefficient (Wildman–Crippen LogP) is 2.82. The molecule has 2 N–H and O–H groups in total. The fourth-order valence-electron chi connectivity index (χ4n) is 4.66. The summed E-state index contributed by atoms with van der Waals surface area (Å²) in [6.07, 6.45) is 6.31. The lowest BCUT2D eigenvalue weighted by Gasteiger charge is -2.37. The van der Waals surface area contributed by atoms with E-state index in [4.69, 9.17) is 0 Å². The van der Waals surface area contributed by atoms with Crippen molar-refractivity contribution in [2.75, 3.05) is 18.4 Å². The highest BCUT2D eigenvalue weighted by Gasteiger charge is 2.49. The van der Waals surface area contributed by atoms with Crippen LogP contribution in [0, 0.1) is 17.2 Å². The molecule has 28 heavy (non-hydrogen) atoms. The first-order valence-electron chi connectivity index (χ1n) is 9.78. The number of hydrogen-bond acceptors (Lipinski definition) is 5. The number of nitrogens with zero attached hydrogens (tertiary/aromatic N) is 4. The van der Waals surface area contributed by atoms with Crippen LogP contribution in [-0.4, -0.2) is 39.2 Å². The number of anilines is 1. The molecule has 2 saturated carbocycles. The lowest BCUT2D eigenvalue weighted by molar-refractivity contribution is -0.128. The molecule has 5 rings (SSSR count). The third-order valence-electron chi connectivity index (χ3n) is 6.36. The number of carbonyl (C=O) groups excluding carboxylic acids is 1. The Morgan fingerprint density at radius 1 is 1.29 bits per heavy atom. The number of carbonyl (C=O) groups is 1. The molecular weight excluding hydrogens is 383 g/mol. The molecule has 1 aliphatic heterocycles. The van der Waals surface area contributed by atoms with E-state index in [2.05, 4.69) is 26.2 Å². The van der Waals surface area contributed by atoms with Crippen molar-refractivity contribution >= 4 is 24.0 Å². The average Bonchev–Trinajstić information content (AvgIpc) is 3.24. The lowest BCUT2D eigenvalue weighted by Crippen LogP contribution is -2.44. The van der Waals surface area contributed by atoms with Crippen molar-refractivity contribution in [1.82, 2.24) is 25.5 Å². The summed E-state index contributed by atoms with van der Waals surface area (Å²) in [5.41, 5.74) is 0.516. The van der Waals surface area contributed by atoms with Crippen LogP contribution in [0.4, 0.5) is 10.1 Å². The fraction of sp³-hybridized carbons (Fsp3) is 0.579. The van der Waals surface area contributed by atoms with Gasteiger partial charge in [0.2, 0.25) is 5.91 Å². The van der Waals surface area contributed by atoms with Gasteiger partial charge in [-0.1, -0.05) is 12.8 Å². The molecule has 2 heterocycles. The van der Waals surface area contributed by atoms with Crippen molar-refractivity contribution in [3.8, 4) is 5.69 Å². The average molecular weight is 407 g/mol. The third kappa shape index (κ3) is 3.18. The molecule has 0 bridgehead atoms. The van der Waals surface area contributed by atoms with E-state index in [1.54, 1.807) is 12.1 Å². The maximum absolute atomic E-state index is 14.5. The zero-order chi connectivity index (χ0) is 18.4. The van der Waals surface area contributed by atoms with Crippen LogP contribution in [0.15, 0.2) is 18.2 Å². The van der Waals surface area contributed by atoms with E-state index in [0.29, 0.717) is 23.3 Å². The van der Waals surface area contributed by atoms with Gasteiger partial charge < -0.3 is 10.6 Å². The highest BCUT2D eigenvalue weighted by atomic mass is 35.5. The molecule has 7 nitrogen and oxygen atoms in total. The van der Waals surface area contributed by atoms with Gasteiger partial charge in [0.25, 0.3) is 0 Å². The minimum absolute atomic E-state index is 0. The van der Waals surface area contributed by atoms with Gasteiger partial charge >= 0.3 is 0 Å². The van der Waals surface area contributed by atoms with E-state index in [0.717, 1.165) is 45.2 Å². The van der Waals surface area contributed by atoms with E-state index in [-0.39, 0.29) is 29.4 Å². The molecule has 9 heteroatoms. The molecular formula is C19H24ClFN6O. The van der Waals surface area contributed by atoms with Crippen LogP contribution in [0.1, 0.15) is 50.3 Å². The number of benzene rings is 1. The molecule has 3 fully saturated rings. The monoisotopic (exact) mass is 406 g/mol. The number of aromatic nitrogens is 4. The van der Waals surface area contributed by atoms with Crippen LogP contribution >= 0.6 is 12.4 Å². The van der Waals surface area contributed by atoms with Crippen LogP contribution in [0.25, 0.3) is 5.69 Å². The van der Waals surface area contributed by atoms with Gasteiger partial charge in [-0.3, -0.25) is 4.79 Å². The maximum atomic E-state index is 14.5. The van der Waals surface area contributed by atoms with E-state index in [1.165, 1.54) is 17.2 Å². The minimum atomic E-state index is -0.404. The largest absolute Gasteiger partial charge is 0.325 e. The van der Waals surface area contributed by atoms with Gasteiger partial charge in [-0.25, -0.2) is 4.39 Å². The van der Waals surface area contributed by atoms with Gasteiger partial charge in [0.1, 0.15) is 11.5 Å². The first-order chi connectivity index (χ1) is 13.2. The summed E-state index contributed by atoms with van der Waals surface area (Å²) < 4.78 is 15.9. The molecule has 0 spiro atoms. The van der Waals surface area contributed by atoms with E-state index >= 15 is 0 Å². The SMILES string of the molecule is Cl.O=C(Nc1ccc(F)c(-n2nnnc2C2CC2)c1)[C@@]12CCCC[C@H]1CNC2. The molecule has 1 aromatic carbocycles. The Labute approximate surface area is 168 Å². The second-order valence-corrected chi connectivity index (χ2v) is 8.07. The van der Waals surface area contributed by atoms with Crippen LogP contribution in [0.3, 0.4) is 0 Å². The van der Waals surface area contributed by atoms with E-state index < -0.39 is 5.82 Å². The predicted molar refractivity (Wildman–Crippen MR) is 104 cm³/mol. The summed E-state index contributed by atoms with van der Waals surface area (Å²) in [5, 5.41) is 18.1. The second kappa shape index (κ2) is 7.40. The van der Waals surface area contributed by atoms with Crippen molar-refractivity contribution in [3.63, 3.8) is 0 Å². The van der Waals surface area contributed by atoms with Crippen molar-refractivity contribution in [1.29, 1.82) is 0 Å². The van der Waals surface area contributed by atoms with Gasteiger partial charge in [0.15, 0.2) is 5.82 Å². The Bertz CT molecular complexity index is 885. The lowest BCUT2D eigenvalue weighted by atomic mass is 9.67. The summed E-state index contributed by atoms with van der Waals surface area (Å²) in [7, 11) is 0. The number of hydrogen-bond donors (Lipinski definition) is 2. The van der Waals surface area contributed by atoms with Crippen LogP contribution in [-0.2, 0) is 4.79 Å². The minimum Gasteiger partial charge on any atom is -0.325 e. The zero-order valence-corrected chi connectivity index (χ0v) is 16.3. The Balaban J connectivity index is 0.00000192. The third-order valence-corrected chi connectivity index (χ3v) is 6.36. The summed E-state index contributed by atoms with van der Waals surface area (Å²) in [4.78, 5) is 13.1. The fourth-order valence-corrected chi connectivity index (χ4v) is 4.66. The first kappa shape index (κ1) is 19.3. The quantitative estimate of drug-likeness (QED) is 0.815. The van der Waals surface area contributed by atoms with Gasteiger partial charge in [0, 0.05) is 18.2 Å². The summed E-state index contributed by atoms with van der Waals surface area (Å²) in [6, 6.07) is 4.60. The molecule has 2 atom stereocenters. The first-order valence-corrected chi connectivity index (χ1v) is 9.78. The molecule has 2 aromatic rings. The van der Waals surface area contributed by atoms with Crippen molar-refractivity contribution < 1.29 is 9.18 Å². The van der Waals surface area contributed by atoms with E-state index in [1.807, 2.05) is 0 Å². The van der Waals surface area contributed by atoms with Gasteiger partial charge in [-0.15, -0.1) is 17.5 Å². The molecule has 1 aromatic heterocycles. The van der Waals surface area contributed by atoms with E-state index in [9.17, 15) is 9.18 Å². The van der Waals surface area contributed by atoms with Gasteiger partial charge in [0.05, 0.1) is 5.41 Å². The Kier molecular flexibility index (Phi) is 5.09. The molecule has 150 valence electrons. The highest BCUT2D eigenvalue weighted by molar-refractivity contribution is 5.96. The number of amides is 1. The van der Waals surface area contributed by atoms with Crippen molar-refractivity contribution in [2.45, 2.75) is 44.4 Å². The topological polar surface area (TPSA) is 84.7 Å². The molecule has 1 saturated heterocycles. The molecule has 2 aliphatic carbocycles. The summed E-state index contributed by atoms with van der Waals surface area (Å²) in [6.45, 7) is 1.62. The number of fused-ring (bicyclic) bond motifs is 1. The number of tetrazole rings is 1. The Morgan fingerprint density at radius 3 is 2.96 bits per heavy atom. The molecule has 1 amide bonds. The molecule has 3 aliphatic rings. The summed E-state index contributed by atoms with van der Waals surface area (Å²) >= 11 is 0. The number of nitrogens with one attached hydrogen (secondary N) is 2.